The summed E-state index contributed by atoms with van der Waals surface area (Å²) in [6.45, 7) is 4.71. The molecule has 11 heavy (non-hydrogen) atoms. The molecule has 1 aliphatic heterocycles. The number of hydrogen-bond acceptors (Lipinski definition) is 2. The van der Waals surface area contributed by atoms with Gasteiger partial charge in [-0.15, -0.1) is 0 Å². The summed E-state index contributed by atoms with van der Waals surface area (Å²) in [4.78, 5) is 0. The summed E-state index contributed by atoms with van der Waals surface area (Å²) >= 11 is 2.07. The molecule has 1 fully saturated rings. The Morgan fingerprint density at radius 2 is 2.00 bits per heavy atom. The molecule has 66 valence electrons. The van der Waals surface area contributed by atoms with E-state index in [-0.39, 0.29) is 0 Å². The topological polar surface area (TPSA) is 9.23 Å². The number of rotatable bonds is 3. The third-order valence-electron chi connectivity index (χ3n) is 2.39. The van der Waals surface area contributed by atoms with Crippen LogP contribution in [0.2, 0.25) is 0 Å². The summed E-state index contributed by atoms with van der Waals surface area (Å²) in [7, 11) is 4.11. The molecule has 0 saturated carbocycles. The van der Waals surface area contributed by atoms with E-state index in [1.807, 2.05) is 0 Å². The second kappa shape index (κ2) is 4.33. The molecule has 1 aliphatic rings. The van der Waals surface area contributed by atoms with Crippen LogP contribution in [0.4, 0.5) is 0 Å². The van der Waals surface area contributed by atoms with Gasteiger partial charge in [-0.1, -0.05) is 0 Å². The molecule has 1 saturated heterocycles. The molecule has 2 nitrogen and oxygen atoms in total. The fourth-order valence-corrected chi connectivity index (χ4v) is 2.66. The quantitative estimate of drug-likeness (QED) is 0.589. The van der Waals surface area contributed by atoms with E-state index >= 15 is 0 Å². The zero-order chi connectivity index (χ0) is 8.16. The summed E-state index contributed by atoms with van der Waals surface area (Å²) in [5, 5.41) is 0. The van der Waals surface area contributed by atoms with Gasteiger partial charge in [0.1, 0.15) is 6.54 Å². The number of quaternary nitrogens is 1. The molecule has 0 radical (unpaired) electrons. The third-order valence-corrected chi connectivity index (χ3v) is 3.33. The van der Waals surface area contributed by atoms with E-state index in [2.05, 4.69) is 18.8 Å². The number of thioether (sulfide) groups is 1. The highest BCUT2D eigenvalue weighted by Crippen LogP contribution is 2.14. The van der Waals surface area contributed by atoms with Crippen molar-refractivity contribution in [3.8, 4) is 0 Å². The molecule has 0 aromatic heterocycles. The van der Waals surface area contributed by atoms with Crippen molar-refractivity contribution < 1.29 is 9.22 Å². The van der Waals surface area contributed by atoms with Crippen molar-refractivity contribution in [1.29, 1.82) is 0 Å². The standard InChI is InChI=1S/C8H18NOS/c1-9(3-6-10-2)4-7-11-8-5-9/h3-8H2,1-2H3/q+1. The molecule has 1 heterocycles. The van der Waals surface area contributed by atoms with Crippen LogP contribution in [-0.2, 0) is 4.74 Å². The Hall–Kier alpha value is 0.270. The van der Waals surface area contributed by atoms with Crippen molar-refractivity contribution in [3.05, 3.63) is 0 Å². The highest BCUT2D eigenvalue weighted by molar-refractivity contribution is 7.99. The van der Waals surface area contributed by atoms with Gasteiger partial charge in [0.2, 0.25) is 0 Å². The number of hydrogen-bond donors (Lipinski definition) is 0. The van der Waals surface area contributed by atoms with Crippen LogP contribution in [0.1, 0.15) is 0 Å². The summed E-state index contributed by atoms with van der Waals surface area (Å²) in [5.41, 5.74) is 0. The fourth-order valence-electron chi connectivity index (χ4n) is 1.32. The molecule has 0 amide bonds. The lowest BCUT2D eigenvalue weighted by atomic mass is 10.4. The van der Waals surface area contributed by atoms with Gasteiger partial charge in [-0.05, 0) is 0 Å². The highest BCUT2D eigenvalue weighted by Gasteiger charge is 2.23. The Morgan fingerprint density at radius 1 is 1.36 bits per heavy atom. The van der Waals surface area contributed by atoms with Crippen LogP contribution in [0.5, 0.6) is 0 Å². The Bertz CT molecular complexity index is 113. The van der Waals surface area contributed by atoms with Gasteiger partial charge in [-0.2, -0.15) is 11.8 Å². The fraction of sp³-hybridized carbons (Fsp3) is 1.00. The maximum absolute atomic E-state index is 5.09. The first kappa shape index (κ1) is 9.36. The molecule has 0 atom stereocenters. The van der Waals surface area contributed by atoms with Gasteiger partial charge in [0.05, 0.1) is 26.7 Å². The Labute approximate surface area is 73.5 Å². The first-order valence-corrected chi connectivity index (χ1v) is 5.32. The monoisotopic (exact) mass is 176 g/mol. The number of ether oxygens (including phenoxy) is 1. The van der Waals surface area contributed by atoms with Gasteiger partial charge >= 0.3 is 0 Å². The second-order valence-corrected chi connectivity index (χ2v) is 4.62. The van der Waals surface area contributed by atoms with E-state index in [0.29, 0.717) is 0 Å². The van der Waals surface area contributed by atoms with Crippen molar-refractivity contribution in [2.24, 2.45) is 0 Å². The van der Waals surface area contributed by atoms with E-state index in [1.165, 1.54) is 35.6 Å². The van der Waals surface area contributed by atoms with Gasteiger partial charge in [0, 0.05) is 18.6 Å². The molecular weight excluding hydrogens is 158 g/mol. The van der Waals surface area contributed by atoms with Crippen LogP contribution < -0.4 is 0 Å². The van der Waals surface area contributed by atoms with Crippen LogP contribution in [0.15, 0.2) is 0 Å². The minimum Gasteiger partial charge on any atom is -0.379 e. The smallest absolute Gasteiger partial charge is 0.102 e. The average Bonchev–Trinajstić information content (AvgIpc) is 2.03. The van der Waals surface area contributed by atoms with Crippen molar-refractivity contribution in [2.75, 3.05) is 51.9 Å². The zero-order valence-electron chi connectivity index (χ0n) is 7.51. The molecule has 1 rings (SSSR count). The predicted octanol–water partition coefficient (Wildman–Crippen LogP) is 0.826. The minimum atomic E-state index is 0.904. The summed E-state index contributed by atoms with van der Waals surface area (Å²) in [6.07, 6.45) is 0. The molecule has 0 bridgehead atoms. The van der Waals surface area contributed by atoms with E-state index in [0.717, 1.165) is 6.61 Å². The largest absolute Gasteiger partial charge is 0.379 e. The summed E-state index contributed by atoms with van der Waals surface area (Å²) < 4.78 is 6.30. The van der Waals surface area contributed by atoms with E-state index in [4.69, 9.17) is 4.74 Å². The SMILES string of the molecule is COCC[N+]1(C)CCSCC1. The van der Waals surface area contributed by atoms with E-state index in [1.54, 1.807) is 7.11 Å². The number of methoxy groups -OCH3 is 1. The van der Waals surface area contributed by atoms with Crippen molar-refractivity contribution in [3.63, 3.8) is 0 Å². The number of nitrogens with zero attached hydrogens (tertiary/aromatic N) is 1. The number of likely N-dealkylation sites (N-methyl/N-ethyl adjacent to an activating group) is 1. The maximum Gasteiger partial charge on any atom is 0.102 e. The average molecular weight is 176 g/mol. The molecule has 0 aliphatic carbocycles. The molecule has 0 N–H and O–H groups in total. The molecule has 0 unspecified atom stereocenters. The van der Waals surface area contributed by atoms with Gasteiger partial charge in [-0.3, -0.25) is 0 Å². The molecule has 0 spiro atoms. The van der Waals surface area contributed by atoms with Gasteiger partial charge in [0.25, 0.3) is 0 Å². The van der Waals surface area contributed by atoms with Crippen LogP contribution in [0.25, 0.3) is 0 Å². The van der Waals surface area contributed by atoms with Gasteiger partial charge in [-0.25, -0.2) is 0 Å². The predicted molar refractivity (Wildman–Crippen MR) is 50.0 cm³/mol. The van der Waals surface area contributed by atoms with Crippen molar-refractivity contribution in [1.82, 2.24) is 0 Å². The lowest BCUT2D eigenvalue weighted by molar-refractivity contribution is -0.906. The third kappa shape index (κ3) is 3.01. The first-order valence-electron chi connectivity index (χ1n) is 4.17. The van der Waals surface area contributed by atoms with Crippen LogP contribution in [0, 0.1) is 0 Å². The molecule has 0 aromatic carbocycles. The van der Waals surface area contributed by atoms with Crippen molar-refractivity contribution in [2.45, 2.75) is 0 Å². The molecule has 0 aromatic rings. The lowest BCUT2D eigenvalue weighted by Gasteiger charge is -2.37. The Morgan fingerprint density at radius 3 is 2.55 bits per heavy atom. The summed E-state index contributed by atoms with van der Waals surface area (Å²) in [5.74, 6) is 2.64. The van der Waals surface area contributed by atoms with E-state index in [9.17, 15) is 0 Å². The van der Waals surface area contributed by atoms with E-state index < -0.39 is 0 Å². The highest BCUT2D eigenvalue weighted by atomic mass is 32.2. The Kier molecular flexibility index (Phi) is 3.69. The second-order valence-electron chi connectivity index (χ2n) is 3.40. The maximum atomic E-state index is 5.09. The molecule has 3 heteroatoms. The first-order chi connectivity index (χ1) is 5.27. The van der Waals surface area contributed by atoms with Gasteiger partial charge < -0.3 is 9.22 Å². The summed E-state index contributed by atoms with van der Waals surface area (Å²) in [6, 6.07) is 0. The van der Waals surface area contributed by atoms with Crippen LogP contribution >= 0.6 is 11.8 Å². The normalized spacial score (nSPS) is 23.5. The van der Waals surface area contributed by atoms with Crippen LogP contribution in [-0.4, -0.2) is 56.4 Å². The Balaban J connectivity index is 2.25. The zero-order valence-corrected chi connectivity index (χ0v) is 8.32. The van der Waals surface area contributed by atoms with Crippen LogP contribution in [0.3, 0.4) is 0 Å². The minimum absolute atomic E-state index is 0.904. The van der Waals surface area contributed by atoms with Gasteiger partial charge in [0.15, 0.2) is 0 Å². The van der Waals surface area contributed by atoms with Crippen molar-refractivity contribution >= 4 is 11.8 Å². The lowest BCUT2D eigenvalue weighted by Crippen LogP contribution is -2.51. The molecular formula is C8H18NOS+.